The Hall–Kier alpha value is -3.04. The number of hydrogen-bond acceptors (Lipinski definition) is 8. The molecule has 0 aromatic carbocycles. The molecule has 1 atom stereocenters. The molecule has 0 aliphatic carbocycles. The first-order chi connectivity index (χ1) is 12.9. The number of anilines is 1. The number of aryl methyl sites for hydroxylation is 2. The molecule has 1 saturated heterocycles. The van der Waals surface area contributed by atoms with Crippen LogP contribution in [-0.2, 0) is 11.3 Å². The van der Waals surface area contributed by atoms with Crippen molar-refractivity contribution in [3.63, 3.8) is 0 Å². The standard InChI is InChI=1S/C17H22N6O4/c1-11-19-12(2)22(20-11)10-13-5-4-6-21(9-13)16-15(23(25)26)7-14(8-18-16)17(24)27-3/h7-8,13H,4-6,9-10H2,1-3H3. The van der Waals surface area contributed by atoms with E-state index in [1.807, 2.05) is 23.4 Å². The van der Waals surface area contributed by atoms with Gasteiger partial charge < -0.3 is 9.64 Å². The summed E-state index contributed by atoms with van der Waals surface area (Å²) in [5.41, 5.74) is -0.124. The second-order valence-electron chi connectivity index (χ2n) is 6.66. The molecule has 10 nitrogen and oxygen atoms in total. The van der Waals surface area contributed by atoms with Gasteiger partial charge in [0.15, 0.2) is 0 Å². The largest absolute Gasteiger partial charge is 0.465 e. The normalized spacial score (nSPS) is 17.0. The smallest absolute Gasteiger partial charge is 0.339 e. The number of carbonyl (C=O) groups is 1. The van der Waals surface area contributed by atoms with Crippen LogP contribution in [0, 0.1) is 29.9 Å². The van der Waals surface area contributed by atoms with Crippen molar-refractivity contribution in [3.05, 3.63) is 39.6 Å². The summed E-state index contributed by atoms with van der Waals surface area (Å²) in [6.07, 6.45) is 3.22. The fourth-order valence-electron chi connectivity index (χ4n) is 3.44. The number of methoxy groups -OCH3 is 1. The van der Waals surface area contributed by atoms with Crippen LogP contribution in [0.3, 0.4) is 0 Å². The Bertz CT molecular complexity index is 865. The highest BCUT2D eigenvalue weighted by molar-refractivity contribution is 5.90. The van der Waals surface area contributed by atoms with Gasteiger partial charge in [-0.05, 0) is 32.6 Å². The summed E-state index contributed by atoms with van der Waals surface area (Å²) < 4.78 is 6.50. The molecular formula is C17H22N6O4. The zero-order valence-electron chi connectivity index (χ0n) is 15.6. The number of piperidine rings is 1. The lowest BCUT2D eigenvalue weighted by Crippen LogP contribution is -2.38. The first kappa shape index (κ1) is 18.7. The number of nitrogens with zero attached hydrogens (tertiary/aromatic N) is 6. The van der Waals surface area contributed by atoms with Crippen molar-refractivity contribution in [2.24, 2.45) is 5.92 Å². The summed E-state index contributed by atoms with van der Waals surface area (Å²) in [7, 11) is 1.23. The lowest BCUT2D eigenvalue weighted by Gasteiger charge is -2.33. The van der Waals surface area contributed by atoms with Crippen LogP contribution in [0.4, 0.5) is 11.5 Å². The third kappa shape index (κ3) is 4.04. The van der Waals surface area contributed by atoms with Crippen LogP contribution >= 0.6 is 0 Å². The van der Waals surface area contributed by atoms with Crippen molar-refractivity contribution in [2.75, 3.05) is 25.1 Å². The highest BCUT2D eigenvalue weighted by atomic mass is 16.6. The zero-order chi connectivity index (χ0) is 19.6. The Balaban J connectivity index is 1.82. The van der Waals surface area contributed by atoms with Gasteiger partial charge in [-0.3, -0.25) is 10.1 Å². The summed E-state index contributed by atoms with van der Waals surface area (Å²) in [4.78, 5) is 33.1. The molecule has 144 valence electrons. The molecule has 0 amide bonds. The summed E-state index contributed by atoms with van der Waals surface area (Å²) in [5, 5.41) is 15.9. The molecule has 3 rings (SSSR count). The van der Waals surface area contributed by atoms with Crippen molar-refractivity contribution in [3.8, 4) is 0 Å². The minimum absolute atomic E-state index is 0.0650. The zero-order valence-corrected chi connectivity index (χ0v) is 15.6. The van der Waals surface area contributed by atoms with Gasteiger partial charge >= 0.3 is 11.7 Å². The quantitative estimate of drug-likeness (QED) is 0.442. The number of carbonyl (C=O) groups excluding carboxylic acids is 1. The Kier molecular flexibility index (Phi) is 5.33. The Morgan fingerprint density at radius 3 is 2.85 bits per heavy atom. The van der Waals surface area contributed by atoms with Crippen molar-refractivity contribution in [1.29, 1.82) is 0 Å². The maximum Gasteiger partial charge on any atom is 0.339 e. The fourth-order valence-corrected chi connectivity index (χ4v) is 3.44. The van der Waals surface area contributed by atoms with Gasteiger partial charge in [0.05, 0.1) is 17.6 Å². The van der Waals surface area contributed by atoms with E-state index in [0.717, 1.165) is 24.5 Å². The lowest BCUT2D eigenvalue weighted by molar-refractivity contribution is -0.384. The molecule has 0 bridgehead atoms. The van der Waals surface area contributed by atoms with Crippen LogP contribution in [0.5, 0.6) is 0 Å². The molecule has 0 saturated carbocycles. The molecule has 1 fully saturated rings. The maximum absolute atomic E-state index is 11.7. The number of rotatable bonds is 5. The molecule has 10 heteroatoms. The molecule has 0 radical (unpaired) electrons. The number of esters is 1. The first-order valence-corrected chi connectivity index (χ1v) is 8.74. The second kappa shape index (κ2) is 7.68. The maximum atomic E-state index is 11.7. The number of nitro groups is 1. The fraction of sp³-hybridized carbons (Fsp3) is 0.529. The Morgan fingerprint density at radius 2 is 2.22 bits per heavy atom. The van der Waals surface area contributed by atoms with Gasteiger partial charge in [-0.15, -0.1) is 0 Å². The molecule has 1 aliphatic rings. The summed E-state index contributed by atoms with van der Waals surface area (Å²) >= 11 is 0. The summed E-state index contributed by atoms with van der Waals surface area (Å²) in [5.74, 6) is 1.50. The highest BCUT2D eigenvalue weighted by Gasteiger charge is 2.28. The molecule has 1 unspecified atom stereocenters. The molecule has 2 aromatic rings. The highest BCUT2D eigenvalue weighted by Crippen LogP contribution is 2.31. The van der Waals surface area contributed by atoms with E-state index in [9.17, 15) is 14.9 Å². The lowest BCUT2D eigenvalue weighted by atomic mass is 9.98. The van der Waals surface area contributed by atoms with Crippen LogP contribution in [0.25, 0.3) is 0 Å². The minimum Gasteiger partial charge on any atom is -0.465 e. The Morgan fingerprint density at radius 1 is 1.44 bits per heavy atom. The van der Waals surface area contributed by atoms with E-state index in [0.29, 0.717) is 19.6 Å². The van der Waals surface area contributed by atoms with Gasteiger partial charge in [0.25, 0.3) is 0 Å². The average molecular weight is 374 g/mol. The third-order valence-electron chi connectivity index (χ3n) is 4.68. The second-order valence-corrected chi connectivity index (χ2v) is 6.66. The van der Waals surface area contributed by atoms with E-state index in [2.05, 4.69) is 19.8 Å². The minimum atomic E-state index is -0.648. The predicted octanol–water partition coefficient (Wildman–Crippen LogP) is 1.90. The SMILES string of the molecule is COC(=O)c1cnc(N2CCCC(Cn3nc(C)nc3C)C2)c([N+](=O)[O-])c1. The number of pyridine rings is 1. The van der Waals surface area contributed by atoms with Gasteiger partial charge in [-0.2, -0.15) is 5.10 Å². The molecule has 27 heavy (non-hydrogen) atoms. The van der Waals surface area contributed by atoms with E-state index in [1.165, 1.54) is 19.4 Å². The molecular weight excluding hydrogens is 352 g/mol. The average Bonchev–Trinajstić information content (AvgIpc) is 2.97. The monoisotopic (exact) mass is 374 g/mol. The van der Waals surface area contributed by atoms with E-state index in [-0.39, 0.29) is 23.0 Å². The molecule has 0 spiro atoms. The van der Waals surface area contributed by atoms with Crippen molar-refractivity contribution in [2.45, 2.75) is 33.2 Å². The van der Waals surface area contributed by atoms with Gasteiger partial charge in [-0.1, -0.05) is 0 Å². The molecule has 2 aromatic heterocycles. The van der Waals surface area contributed by atoms with Crippen LogP contribution < -0.4 is 4.90 Å². The van der Waals surface area contributed by atoms with Crippen molar-refractivity contribution < 1.29 is 14.5 Å². The first-order valence-electron chi connectivity index (χ1n) is 8.74. The number of ether oxygens (including phenoxy) is 1. The van der Waals surface area contributed by atoms with Crippen LogP contribution in [0.2, 0.25) is 0 Å². The van der Waals surface area contributed by atoms with Crippen LogP contribution in [0.1, 0.15) is 34.8 Å². The topological polar surface area (TPSA) is 116 Å². The van der Waals surface area contributed by atoms with E-state index >= 15 is 0 Å². The van der Waals surface area contributed by atoms with Crippen molar-refractivity contribution in [1.82, 2.24) is 19.7 Å². The van der Waals surface area contributed by atoms with Crippen LogP contribution in [-0.4, -0.2) is 50.8 Å². The van der Waals surface area contributed by atoms with Gasteiger partial charge in [-0.25, -0.2) is 19.4 Å². The van der Waals surface area contributed by atoms with E-state index in [4.69, 9.17) is 0 Å². The molecule has 1 aliphatic heterocycles. The molecule has 0 N–H and O–H groups in total. The van der Waals surface area contributed by atoms with Gasteiger partial charge in [0.1, 0.15) is 11.6 Å². The van der Waals surface area contributed by atoms with Gasteiger partial charge in [0.2, 0.25) is 5.82 Å². The van der Waals surface area contributed by atoms with Crippen molar-refractivity contribution >= 4 is 17.5 Å². The van der Waals surface area contributed by atoms with Crippen LogP contribution in [0.15, 0.2) is 12.3 Å². The third-order valence-corrected chi connectivity index (χ3v) is 4.68. The Labute approximate surface area is 156 Å². The summed E-state index contributed by atoms with van der Waals surface area (Å²) in [6, 6.07) is 1.22. The van der Waals surface area contributed by atoms with E-state index in [1.54, 1.807) is 0 Å². The number of aromatic nitrogens is 4. The van der Waals surface area contributed by atoms with Gasteiger partial charge in [0, 0.05) is 31.9 Å². The predicted molar refractivity (Wildman–Crippen MR) is 96.7 cm³/mol. The summed E-state index contributed by atoms with van der Waals surface area (Å²) in [6.45, 7) is 5.78. The van der Waals surface area contributed by atoms with E-state index < -0.39 is 10.9 Å². The molecule has 3 heterocycles. The number of hydrogen-bond donors (Lipinski definition) is 0.